The van der Waals surface area contributed by atoms with Gasteiger partial charge >= 0.3 is 5.97 Å². The van der Waals surface area contributed by atoms with Crippen molar-refractivity contribution < 1.29 is 18.8 Å². The Bertz CT molecular complexity index is 772. The van der Waals surface area contributed by atoms with Gasteiger partial charge in [-0.3, -0.25) is 4.79 Å². The normalized spacial score (nSPS) is 17.3. The van der Waals surface area contributed by atoms with E-state index in [0.29, 0.717) is 26.9 Å². The summed E-state index contributed by atoms with van der Waals surface area (Å²) in [5.41, 5.74) is 0.608. The van der Waals surface area contributed by atoms with Crippen molar-refractivity contribution in [2.24, 2.45) is 0 Å². The zero-order valence-electron chi connectivity index (χ0n) is 11.0. The fourth-order valence-electron chi connectivity index (χ4n) is 2.11. The Morgan fingerprint density at radius 3 is 2.48 bits per heavy atom. The van der Waals surface area contributed by atoms with Crippen LogP contribution in [0.2, 0.25) is 0 Å². The van der Waals surface area contributed by atoms with Crippen molar-refractivity contribution in [3.8, 4) is 11.5 Å². The Morgan fingerprint density at radius 2 is 1.81 bits per heavy atom. The fourth-order valence-corrected chi connectivity index (χ4v) is 3.93. The molecule has 0 radical (unpaired) electrons. The maximum Gasteiger partial charge on any atom is 0.310 e. The molecule has 2 unspecified atom stereocenters. The van der Waals surface area contributed by atoms with Crippen LogP contribution in [0.5, 0.6) is 11.5 Å². The topological polar surface area (TPSA) is 63.6 Å². The summed E-state index contributed by atoms with van der Waals surface area (Å²) in [6.07, 6.45) is 0. The Hall–Kier alpha value is -1.66. The number of hydrogen-bond acceptors (Lipinski definition) is 3. The van der Waals surface area contributed by atoms with E-state index in [-0.39, 0.29) is 0 Å². The van der Waals surface area contributed by atoms with Crippen molar-refractivity contribution in [3.05, 3.63) is 46.4 Å². The van der Waals surface area contributed by atoms with E-state index in [0.717, 1.165) is 4.47 Å². The quantitative estimate of drug-likeness (QED) is 0.746. The average Bonchev–Trinajstić information content (AvgIpc) is 2.47. The fraction of sp³-hybridized carbons (Fsp3) is 0.133. The Balaban J connectivity index is 2.09. The van der Waals surface area contributed by atoms with E-state index < -0.39 is 22.7 Å². The standard InChI is InChI=1S/C15H11BrO4S/c1-8(15(17)18)9-2-4-11-13(6-9)21(19)14-7-10(16)3-5-12(14)20-11/h2-8H,1H3,(H,17,18). The second-order valence-corrected chi connectivity index (χ2v) is 7.06. The first-order valence-corrected chi connectivity index (χ1v) is 8.17. The highest BCUT2D eigenvalue weighted by Crippen LogP contribution is 2.42. The molecular weight excluding hydrogens is 356 g/mol. The molecule has 1 N–H and O–H groups in total. The van der Waals surface area contributed by atoms with Crippen LogP contribution in [0.15, 0.2) is 50.7 Å². The maximum absolute atomic E-state index is 12.7. The van der Waals surface area contributed by atoms with Gasteiger partial charge in [0.1, 0.15) is 11.5 Å². The molecule has 4 nitrogen and oxygen atoms in total. The summed E-state index contributed by atoms with van der Waals surface area (Å²) >= 11 is 3.35. The molecule has 2 atom stereocenters. The molecule has 1 aliphatic rings. The van der Waals surface area contributed by atoms with Gasteiger partial charge in [0.25, 0.3) is 0 Å². The number of fused-ring (bicyclic) bond motifs is 2. The van der Waals surface area contributed by atoms with Crippen molar-refractivity contribution in [2.45, 2.75) is 22.6 Å². The SMILES string of the molecule is CC(C(=O)O)c1ccc2c(c1)S(=O)c1cc(Br)ccc1O2. The number of aliphatic carboxylic acids is 1. The zero-order chi connectivity index (χ0) is 15.1. The molecular formula is C15H11BrO4S. The third kappa shape index (κ3) is 2.49. The molecule has 2 aromatic rings. The summed E-state index contributed by atoms with van der Waals surface area (Å²) in [6, 6.07) is 10.3. The lowest BCUT2D eigenvalue weighted by Crippen LogP contribution is -2.10. The molecule has 21 heavy (non-hydrogen) atoms. The maximum atomic E-state index is 12.7. The van der Waals surface area contributed by atoms with Crippen LogP contribution in [0, 0.1) is 0 Å². The number of carbonyl (C=O) groups is 1. The number of rotatable bonds is 2. The van der Waals surface area contributed by atoms with E-state index in [4.69, 9.17) is 9.84 Å². The van der Waals surface area contributed by atoms with Crippen LogP contribution in [0.4, 0.5) is 0 Å². The van der Waals surface area contributed by atoms with Crippen LogP contribution in [-0.2, 0) is 15.6 Å². The molecule has 0 aliphatic carbocycles. The Morgan fingerprint density at radius 1 is 1.19 bits per heavy atom. The van der Waals surface area contributed by atoms with Crippen LogP contribution in [0.3, 0.4) is 0 Å². The first-order valence-electron chi connectivity index (χ1n) is 6.23. The van der Waals surface area contributed by atoms with Gasteiger partial charge in [-0.05, 0) is 42.8 Å². The van der Waals surface area contributed by atoms with E-state index in [1.807, 2.05) is 6.07 Å². The molecule has 0 amide bonds. The number of hydrogen-bond donors (Lipinski definition) is 1. The highest BCUT2D eigenvalue weighted by molar-refractivity contribution is 9.10. The van der Waals surface area contributed by atoms with Gasteiger partial charge in [-0.1, -0.05) is 22.0 Å². The van der Waals surface area contributed by atoms with Crippen LogP contribution >= 0.6 is 15.9 Å². The molecule has 2 aromatic carbocycles. The molecule has 108 valence electrons. The lowest BCUT2D eigenvalue weighted by molar-refractivity contribution is -0.138. The summed E-state index contributed by atoms with van der Waals surface area (Å²) in [5.74, 6) is -0.510. The van der Waals surface area contributed by atoms with E-state index in [1.54, 1.807) is 37.3 Å². The lowest BCUT2D eigenvalue weighted by atomic mass is 10.0. The minimum atomic E-state index is -1.39. The number of ether oxygens (including phenoxy) is 1. The Labute approximate surface area is 132 Å². The smallest absolute Gasteiger partial charge is 0.310 e. The van der Waals surface area contributed by atoms with Gasteiger partial charge in [0.15, 0.2) is 0 Å². The molecule has 0 saturated carbocycles. The predicted octanol–water partition coefficient (Wildman–Crippen LogP) is 3.91. The van der Waals surface area contributed by atoms with Gasteiger partial charge in [0.05, 0.1) is 26.5 Å². The minimum Gasteiger partial charge on any atom is -0.481 e. The lowest BCUT2D eigenvalue weighted by Gasteiger charge is -2.21. The second kappa shape index (κ2) is 5.27. The molecule has 0 fully saturated rings. The monoisotopic (exact) mass is 366 g/mol. The molecule has 0 saturated heterocycles. The van der Waals surface area contributed by atoms with Crippen LogP contribution in [0.1, 0.15) is 18.4 Å². The molecule has 1 heterocycles. The summed E-state index contributed by atoms with van der Waals surface area (Å²) < 4.78 is 19.2. The summed E-state index contributed by atoms with van der Waals surface area (Å²) in [6.45, 7) is 1.60. The summed E-state index contributed by atoms with van der Waals surface area (Å²) in [7, 11) is -1.39. The summed E-state index contributed by atoms with van der Waals surface area (Å²) in [4.78, 5) is 12.2. The highest BCUT2D eigenvalue weighted by atomic mass is 79.9. The number of carboxylic acids is 1. The first-order chi connectivity index (χ1) is 9.97. The van der Waals surface area contributed by atoms with Gasteiger partial charge < -0.3 is 9.84 Å². The van der Waals surface area contributed by atoms with Crippen LogP contribution < -0.4 is 4.74 Å². The largest absolute Gasteiger partial charge is 0.481 e. The number of benzene rings is 2. The number of carboxylic acid groups (broad SMARTS) is 1. The van der Waals surface area contributed by atoms with E-state index in [1.165, 1.54) is 0 Å². The van der Waals surface area contributed by atoms with Crippen molar-refractivity contribution in [1.82, 2.24) is 0 Å². The third-order valence-electron chi connectivity index (χ3n) is 3.36. The van der Waals surface area contributed by atoms with Gasteiger partial charge in [-0.2, -0.15) is 0 Å². The zero-order valence-corrected chi connectivity index (χ0v) is 13.4. The highest BCUT2D eigenvalue weighted by Gasteiger charge is 2.26. The van der Waals surface area contributed by atoms with E-state index in [9.17, 15) is 9.00 Å². The third-order valence-corrected chi connectivity index (χ3v) is 5.29. The predicted molar refractivity (Wildman–Crippen MR) is 81.4 cm³/mol. The molecule has 0 aromatic heterocycles. The van der Waals surface area contributed by atoms with Gasteiger partial charge in [0, 0.05) is 4.47 Å². The average molecular weight is 367 g/mol. The molecule has 1 aliphatic heterocycles. The van der Waals surface area contributed by atoms with Gasteiger partial charge in [-0.15, -0.1) is 0 Å². The Kier molecular flexibility index (Phi) is 3.59. The first kappa shape index (κ1) is 14.3. The van der Waals surface area contributed by atoms with Crippen molar-refractivity contribution in [1.29, 1.82) is 0 Å². The van der Waals surface area contributed by atoms with Crippen molar-refractivity contribution in [2.75, 3.05) is 0 Å². The van der Waals surface area contributed by atoms with E-state index in [2.05, 4.69) is 15.9 Å². The minimum absolute atomic E-state index is 0.504. The molecule has 0 spiro atoms. The van der Waals surface area contributed by atoms with Crippen molar-refractivity contribution >= 4 is 32.7 Å². The van der Waals surface area contributed by atoms with Crippen LogP contribution in [0.25, 0.3) is 0 Å². The van der Waals surface area contributed by atoms with E-state index >= 15 is 0 Å². The molecule has 3 rings (SSSR count). The van der Waals surface area contributed by atoms with Gasteiger partial charge in [0.2, 0.25) is 0 Å². The number of halogens is 1. The molecule has 6 heteroatoms. The van der Waals surface area contributed by atoms with Crippen molar-refractivity contribution in [3.63, 3.8) is 0 Å². The molecule has 0 bridgehead atoms. The summed E-state index contributed by atoms with van der Waals surface area (Å²) in [5, 5.41) is 9.09. The van der Waals surface area contributed by atoms with Crippen LogP contribution in [-0.4, -0.2) is 15.3 Å². The van der Waals surface area contributed by atoms with Gasteiger partial charge in [-0.25, -0.2) is 4.21 Å². The second-order valence-electron chi connectivity index (χ2n) is 4.73.